The van der Waals surface area contributed by atoms with Crippen LogP contribution in [-0.2, 0) is 19.0 Å². The van der Waals surface area contributed by atoms with E-state index in [4.69, 9.17) is 14.2 Å². The van der Waals surface area contributed by atoms with Crippen molar-refractivity contribution in [1.82, 2.24) is 0 Å². The first-order valence-corrected chi connectivity index (χ1v) is 8.35. The zero-order valence-electron chi connectivity index (χ0n) is 15.0. The van der Waals surface area contributed by atoms with Crippen molar-refractivity contribution >= 4 is 12.0 Å². The maximum Gasteiger partial charge on any atom is 0.331 e. The number of hydrogen-bond acceptors (Lipinski definition) is 5. The molecule has 25 heavy (non-hydrogen) atoms. The van der Waals surface area contributed by atoms with Crippen LogP contribution in [0.25, 0.3) is 6.08 Å². The number of fused-ring (bicyclic) bond motifs is 2. The van der Waals surface area contributed by atoms with Crippen molar-refractivity contribution in [2.45, 2.75) is 45.2 Å². The SMILES string of the molecule is COC12CC(C)(C)C(O1)C(OC(=O)C=Cc1ccc(O)cc1)C=C2C. The Morgan fingerprint density at radius 1 is 1.32 bits per heavy atom. The van der Waals surface area contributed by atoms with Gasteiger partial charge in [0, 0.05) is 25.0 Å². The molecule has 2 bridgehead atoms. The molecule has 2 heterocycles. The Bertz CT molecular complexity index is 716. The fourth-order valence-corrected chi connectivity index (χ4v) is 3.61. The summed E-state index contributed by atoms with van der Waals surface area (Å²) in [7, 11) is 1.64. The molecule has 1 N–H and O–H groups in total. The molecule has 134 valence electrons. The zero-order valence-corrected chi connectivity index (χ0v) is 15.0. The van der Waals surface area contributed by atoms with Crippen molar-refractivity contribution < 1.29 is 24.1 Å². The Morgan fingerprint density at radius 2 is 2.00 bits per heavy atom. The summed E-state index contributed by atoms with van der Waals surface area (Å²) in [6.07, 6.45) is 5.00. The molecule has 0 saturated carbocycles. The first kappa shape index (κ1) is 17.7. The van der Waals surface area contributed by atoms with Gasteiger partial charge in [0.05, 0.1) is 0 Å². The van der Waals surface area contributed by atoms with E-state index in [1.807, 2.05) is 13.0 Å². The van der Waals surface area contributed by atoms with E-state index in [0.717, 1.165) is 17.6 Å². The minimum absolute atomic E-state index is 0.171. The molecule has 3 rings (SSSR count). The van der Waals surface area contributed by atoms with Crippen LogP contribution in [0, 0.1) is 5.41 Å². The fourth-order valence-electron chi connectivity index (χ4n) is 3.61. The third-order valence-electron chi connectivity index (χ3n) is 4.98. The van der Waals surface area contributed by atoms with E-state index in [2.05, 4.69) is 13.8 Å². The molecule has 0 aliphatic carbocycles. The van der Waals surface area contributed by atoms with Gasteiger partial charge in [-0.3, -0.25) is 0 Å². The molecule has 5 heteroatoms. The number of carbonyl (C=O) groups is 1. The summed E-state index contributed by atoms with van der Waals surface area (Å²) in [6.45, 7) is 6.13. The summed E-state index contributed by atoms with van der Waals surface area (Å²) >= 11 is 0. The lowest BCUT2D eigenvalue weighted by Crippen LogP contribution is -2.43. The summed E-state index contributed by atoms with van der Waals surface area (Å²) in [5, 5.41) is 9.28. The number of ether oxygens (including phenoxy) is 3. The highest BCUT2D eigenvalue weighted by Crippen LogP contribution is 2.52. The molecule has 2 aliphatic rings. The maximum atomic E-state index is 12.2. The third kappa shape index (κ3) is 3.34. The normalized spacial score (nSPS) is 30.3. The van der Waals surface area contributed by atoms with Crippen LogP contribution >= 0.6 is 0 Å². The van der Waals surface area contributed by atoms with Crippen LogP contribution in [0.4, 0.5) is 0 Å². The summed E-state index contributed by atoms with van der Waals surface area (Å²) in [5.74, 6) is -0.956. The Kier molecular flexibility index (Phi) is 4.47. The van der Waals surface area contributed by atoms with Gasteiger partial charge < -0.3 is 19.3 Å². The van der Waals surface area contributed by atoms with Gasteiger partial charge in [0.15, 0.2) is 5.79 Å². The second-order valence-electron chi connectivity index (χ2n) is 7.34. The molecule has 5 nitrogen and oxygen atoms in total. The molecule has 1 aromatic rings. The molecule has 3 unspecified atom stereocenters. The Balaban J connectivity index is 1.73. The zero-order chi connectivity index (χ0) is 18.2. The predicted octanol–water partition coefficient (Wildman–Crippen LogP) is 3.43. The number of rotatable bonds is 4. The van der Waals surface area contributed by atoms with E-state index in [-0.39, 0.29) is 17.3 Å². The third-order valence-corrected chi connectivity index (χ3v) is 4.98. The topological polar surface area (TPSA) is 65.0 Å². The van der Waals surface area contributed by atoms with Crippen molar-refractivity contribution in [2.24, 2.45) is 5.41 Å². The Hall–Kier alpha value is -2.11. The van der Waals surface area contributed by atoms with Crippen LogP contribution in [0.3, 0.4) is 0 Å². The molecule has 1 fully saturated rings. The van der Waals surface area contributed by atoms with Gasteiger partial charge in [0.2, 0.25) is 0 Å². The number of hydrogen-bond donors (Lipinski definition) is 1. The van der Waals surface area contributed by atoms with Crippen molar-refractivity contribution in [3.05, 3.63) is 47.6 Å². The van der Waals surface area contributed by atoms with E-state index in [1.54, 1.807) is 37.5 Å². The lowest BCUT2D eigenvalue weighted by atomic mass is 9.82. The number of aromatic hydroxyl groups is 1. The second-order valence-corrected chi connectivity index (χ2v) is 7.34. The second kappa shape index (κ2) is 6.32. The first-order valence-electron chi connectivity index (χ1n) is 8.35. The highest BCUT2D eigenvalue weighted by molar-refractivity contribution is 5.87. The quantitative estimate of drug-likeness (QED) is 0.515. The van der Waals surface area contributed by atoms with E-state index in [1.165, 1.54) is 6.08 Å². The van der Waals surface area contributed by atoms with Gasteiger partial charge in [-0.15, -0.1) is 0 Å². The molecule has 0 amide bonds. The molecule has 3 atom stereocenters. The molecule has 0 aromatic heterocycles. The van der Waals surface area contributed by atoms with Crippen LogP contribution in [-0.4, -0.2) is 36.2 Å². The van der Waals surface area contributed by atoms with E-state index in [9.17, 15) is 9.90 Å². The van der Waals surface area contributed by atoms with Crippen LogP contribution in [0.1, 0.15) is 32.8 Å². The maximum absolute atomic E-state index is 12.2. The number of methoxy groups -OCH3 is 1. The van der Waals surface area contributed by atoms with Crippen molar-refractivity contribution in [1.29, 1.82) is 0 Å². The molecule has 2 aliphatic heterocycles. The fraction of sp³-hybridized carbons (Fsp3) is 0.450. The summed E-state index contributed by atoms with van der Waals surface area (Å²) in [6, 6.07) is 6.58. The smallest absolute Gasteiger partial charge is 0.331 e. The number of phenols is 1. The van der Waals surface area contributed by atoms with Gasteiger partial charge in [-0.05, 0) is 42.3 Å². The predicted molar refractivity (Wildman–Crippen MR) is 93.8 cm³/mol. The molecule has 0 radical (unpaired) electrons. The average Bonchev–Trinajstić information content (AvgIpc) is 2.82. The van der Waals surface area contributed by atoms with Gasteiger partial charge in [0.1, 0.15) is 18.0 Å². The minimum Gasteiger partial charge on any atom is -0.508 e. The van der Waals surface area contributed by atoms with Gasteiger partial charge in [-0.25, -0.2) is 4.79 Å². The molecule has 1 saturated heterocycles. The van der Waals surface area contributed by atoms with Crippen LogP contribution in [0.15, 0.2) is 42.0 Å². The minimum atomic E-state index is -0.709. The molecular formula is C20H24O5. The van der Waals surface area contributed by atoms with Gasteiger partial charge in [-0.1, -0.05) is 26.0 Å². The molecule has 0 spiro atoms. The monoisotopic (exact) mass is 344 g/mol. The van der Waals surface area contributed by atoms with E-state index in [0.29, 0.717) is 0 Å². The number of benzene rings is 1. The van der Waals surface area contributed by atoms with Crippen LogP contribution in [0.5, 0.6) is 5.75 Å². The van der Waals surface area contributed by atoms with E-state index < -0.39 is 17.9 Å². The highest BCUT2D eigenvalue weighted by Gasteiger charge is 2.58. The standard InChI is InChI=1S/C20H24O5/c1-13-11-16(18-19(2,3)12-20(13,23-4)25-18)24-17(22)10-7-14-5-8-15(21)9-6-14/h5-11,16,18,21H,12H2,1-4H3. The summed E-state index contributed by atoms with van der Waals surface area (Å²) in [4.78, 5) is 12.2. The lowest BCUT2D eigenvalue weighted by molar-refractivity contribution is -0.212. The van der Waals surface area contributed by atoms with Crippen LogP contribution < -0.4 is 0 Å². The summed E-state index contributed by atoms with van der Waals surface area (Å²) < 4.78 is 17.4. The van der Waals surface area contributed by atoms with Gasteiger partial charge >= 0.3 is 5.97 Å². The number of esters is 1. The van der Waals surface area contributed by atoms with Crippen molar-refractivity contribution in [3.8, 4) is 5.75 Å². The average molecular weight is 344 g/mol. The van der Waals surface area contributed by atoms with Crippen molar-refractivity contribution in [3.63, 3.8) is 0 Å². The molecular weight excluding hydrogens is 320 g/mol. The van der Waals surface area contributed by atoms with Crippen LogP contribution in [0.2, 0.25) is 0 Å². The largest absolute Gasteiger partial charge is 0.508 e. The van der Waals surface area contributed by atoms with Gasteiger partial charge in [-0.2, -0.15) is 0 Å². The Labute approximate surface area is 147 Å². The number of carbonyl (C=O) groups excluding carboxylic acids is 1. The van der Waals surface area contributed by atoms with E-state index >= 15 is 0 Å². The lowest BCUT2D eigenvalue weighted by Gasteiger charge is -2.35. The molecule has 1 aromatic carbocycles. The van der Waals surface area contributed by atoms with Crippen molar-refractivity contribution in [2.75, 3.05) is 7.11 Å². The Morgan fingerprint density at radius 3 is 2.64 bits per heavy atom. The number of phenolic OH excluding ortho intramolecular Hbond substituents is 1. The first-order chi connectivity index (χ1) is 11.8. The summed E-state index contributed by atoms with van der Waals surface area (Å²) in [5.41, 5.74) is 1.56. The highest BCUT2D eigenvalue weighted by atomic mass is 16.7. The van der Waals surface area contributed by atoms with Gasteiger partial charge in [0.25, 0.3) is 0 Å².